The maximum absolute atomic E-state index is 11.9. The zero-order chi connectivity index (χ0) is 20.9. The lowest BCUT2D eigenvalue weighted by atomic mass is 10.1. The Morgan fingerprint density at radius 3 is 1.75 bits per heavy atom. The lowest BCUT2D eigenvalue weighted by Gasteiger charge is -2.13. The van der Waals surface area contributed by atoms with Gasteiger partial charge in [0.05, 0.1) is 12.7 Å². The van der Waals surface area contributed by atoms with Gasteiger partial charge in [0.1, 0.15) is 0 Å². The van der Waals surface area contributed by atoms with E-state index in [0.29, 0.717) is 19.4 Å². The van der Waals surface area contributed by atoms with Crippen molar-refractivity contribution in [1.82, 2.24) is 0 Å². The number of rotatable bonds is 20. The van der Waals surface area contributed by atoms with E-state index in [1.165, 1.54) is 32.1 Å². The summed E-state index contributed by atoms with van der Waals surface area (Å²) >= 11 is 0. The lowest BCUT2D eigenvalue weighted by molar-refractivity contribution is -0.148. The molecule has 0 spiro atoms. The van der Waals surface area contributed by atoms with Crippen molar-refractivity contribution in [2.75, 3.05) is 6.61 Å². The van der Waals surface area contributed by atoms with Gasteiger partial charge in [0.15, 0.2) is 0 Å². The molecule has 28 heavy (non-hydrogen) atoms. The van der Waals surface area contributed by atoms with Gasteiger partial charge < -0.3 is 9.47 Å². The molecule has 0 radical (unpaired) electrons. The van der Waals surface area contributed by atoms with Gasteiger partial charge in [-0.15, -0.1) is 0 Å². The summed E-state index contributed by atoms with van der Waals surface area (Å²) in [5.41, 5.74) is 0. The Kier molecular flexibility index (Phi) is 19.9. The molecule has 0 aliphatic carbocycles. The van der Waals surface area contributed by atoms with Gasteiger partial charge in [-0.05, 0) is 39.0 Å². The zero-order valence-electron chi connectivity index (χ0n) is 18.9. The molecule has 0 aromatic rings. The van der Waals surface area contributed by atoms with Crippen LogP contribution >= 0.6 is 0 Å². The van der Waals surface area contributed by atoms with E-state index in [9.17, 15) is 9.59 Å². The highest BCUT2D eigenvalue weighted by Crippen LogP contribution is 2.13. The summed E-state index contributed by atoms with van der Waals surface area (Å²) in [4.78, 5) is 23.3. The van der Waals surface area contributed by atoms with Crippen LogP contribution in [0.2, 0.25) is 0 Å². The molecule has 0 heterocycles. The molecular formula is C24H46O4. The summed E-state index contributed by atoms with van der Waals surface area (Å²) in [6.45, 7) is 6.89. The number of hydrogen-bond acceptors (Lipinski definition) is 4. The lowest BCUT2D eigenvalue weighted by Crippen LogP contribution is -2.14. The van der Waals surface area contributed by atoms with Crippen LogP contribution in [0.4, 0.5) is 0 Å². The Balaban J connectivity index is 3.39. The van der Waals surface area contributed by atoms with Crippen molar-refractivity contribution in [1.29, 1.82) is 0 Å². The Labute approximate surface area is 174 Å². The van der Waals surface area contributed by atoms with Gasteiger partial charge in [0.2, 0.25) is 0 Å². The quantitative estimate of drug-likeness (QED) is 0.162. The van der Waals surface area contributed by atoms with E-state index in [1.807, 2.05) is 6.92 Å². The molecule has 166 valence electrons. The van der Waals surface area contributed by atoms with Crippen LogP contribution in [0.5, 0.6) is 0 Å². The molecule has 0 amide bonds. The van der Waals surface area contributed by atoms with Crippen LogP contribution in [-0.4, -0.2) is 24.6 Å². The van der Waals surface area contributed by atoms with E-state index >= 15 is 0 Å². The summed E-state index contributed by atoms with van der Waals surface area (Å²) < 4.78 is 10.6. The molecule has 0 fully saturated rings. The van der Waals surface area contributed by atoms with E-state index in [4.69, 9.17) is 9.47 Å². The summed E-state index contributed by atoms with van der Waals surface area (Å²) in [7, 11) is 0. The maximum atomic E-state index is 11.9. The molecule has 0 aromatic carbocycles. The first-order valence-corrected chi connectivity index (χ1v) is 11.9. The van der Waals surface area contributed by atoms with Crippen molar-refractivity contribution >= 4 is 11.9 Å². The Bertz CT molecular complexity index is 368. The van der Waals surface area contributed by atoms with Gasteiger partial charge in [-0.2, -0.15) is 0 Å². The van der Waals surface area contributed by atoms with Gasteiger partial charge in [0.25, 0.3) is 0 Å². The van der Waals surface area contributed by atoms with E-state index < -0.39 is 0 Å². The van der Waals surface area contributed by atoms with Gasteiger partial charge in [0, 0.05) is 12.8 Å². The SMILES string of the molecule is CCCCCCCCC(C)OC(=O)CCCCCCCCC(=O)OCCCC. The molecule has 1 atom stereocenters. The molecule has 0 rings (SSSR count). The third kappa shape index (κ3) is 19.7. The second-order valence-corrected chi connectivity index (χ2v) is 8.05. The van der Waals surface area contributed by atoms with Crippen molar-refractivity contribution < 1.29 is 19.1 Å². The fourth-order valence-corrected chi connectivity index (χ4v) is 3.20. The van der Waals surface area contributed by atoms with Crippen molar-refractivity contribution in [2.45, 2.75) is 136 Å². The van der Waals surface area contributed by atoms with Crippen LogP contribution in [0, 0.1) is 0 Å². The van der Waals surface area contributed by atoms with Gasteiger partial charge in [-0.1, -0.05) is 78.1 Å². The predicted octanol–water partition coefficient (Wildman–Crippen LogP) is 7.13. The summed E-state index contributed by atoms with van der Waals surface area (Å²) in [6, 6.07) is 0. The maximum Gasteiger partial charge on any atom is 0.306 e. The second kappa shape index (κ2) is 20.7. The Morgan fingerprint density at radius 2 is 1.14 bits per heavy atom. The number of ether oxygens (including phenoxy) is 2. The van der Waals surface area contributed by atoms with E-state index in [-0.39, 0.29) is 18.0 Å². The van der Waals surface area contributed by atoms with Crippen molar-refractivity contribution in [3.8, 4) is 0 Å². The fraction of sp³-hybridized carbons (Fsp3) is 0.917. The average molecular weight is 399 g/mol. The molecule has 0 saturated carbocycles. The fourth-order valence-electron chi connectivity index (χ4n) is 3.20. The van der Waals surface area contributed by atoms with Gasteiger partial charge in [-0.3, -0.25) is 9.59 Å². The van der Waals surface area contributed by atoms with Crippen molar-refractivity contribution in [3.05, 3.63) is 0 Å². The summed E-state index contributed by atoms with van der Waals surface area (Å²) in [6.07, 6.45) is 17.9. The molecule has 0 aromatic heterocycles. The normalized spacial score (nSPS) is 12.0. The number of carbonyl (C=O) groups is 2. The molecule has 0 saturated heterocycles. The van der Waals surface area contributed by atoms with Crippen LogP contribution in [0.25, 0.3) is 0 Å². The summed E-state index contributed by atoms with van der Waals surface area (Å²) in [5.74, 6) is -0.111. The number of carbonyl (C=O) groups excluding carboxylic acids is 2. The van der Waals surface area contributed by atoms with Gasteiger partial charge in [-0.25, -0.2) is 0 Å². The second-order valence-electron chi connectivity index (χ2n) is 8.05. The first kappa shape index (κ1) is 26.9. The molecule has 0 aliphatic rings. The minimum atomic E-state index is -0.0636. The van der Waals surface area contributed by atoms with Crippen LogP contribution in [-0.2, 0) is 19.1 Å². The molecule has 0 bridgehead atoms. The smallest absolute Gasteiger partial charge is 0.306 e. The van der Waals surface area contributed by atoms with Crippen LogP contribution in [0.15, 0.2) is 0 Å². The molecule has 4 heteroatoms. The highest BCUT2D eigenvalue weighted by molar-refractivity contribution is 5.69. The van der Waals surface area contributed by atoms with Crippen LogP contribution < -0.4 is 0 Å². The molecule has 0 N–H and O–H groups in total. The minimum Gasteiger partial charge on any atom is -0.466 e. The largest absolute Gasteiger partial charge is 0.466 e. The Hall–Kier alpha value is -1.06. The monoisotopic (exact) mass is 398 g/mol. The van der Waals surface area contributed by atoms with E-state index in [1.54, 1.807) is 0 Å². The minimum absolute atomic E-state index is 0.0479. The van der Waals surface area contributed by atoms with Crippen molar-refractivity contribution in [2.24, 2.45) is 0 Å². The number of unbranched alkanes of at least 4 members (excludes halogenated alkanes) is 11. The highest BCUT2D eigenvalue weighted by Gasteiger charge is 2.09. The summed E-state index contributed by atoms with van der Waals surface area (Å²) in [5, 5.41) is 0. The number of esters is 2. The third-order valence-corrected chi connectivity index (χ3v) is 5.07. The zero-order valence-corrected chi connectivity index (χ0v) is 18.9. The van der Waals surface area contributed by atoms with Crippen LogP contribution in [0.3, 0.4) is 0 Å². The van der Waals surface area contributed by atoms with E-state index in [2.05, 4.69) is 13.8 Å². The topological polar surface area (TPSA) is 52.6 Å². The molecular weight excluding hydrogens is 352 g/mol. The number of hydrogen-bond donors (Lipinski definition) is 0. The highest BCUT2D eigenvalue weighted by atomic mass is 16.5. The average Bonchev–Trinajstić information content (AvgIpc) is 2.66. The third-order valence-electron chi connectivity index (χ3n) is 5.07. The van der Waals surface area contributed by atoms with E-state index in [0.717, 1.165) is 64.2 Å². The van der Waals surface area contributed by atoms with Gasteiger partial charge >= 0.3 is 11.9 Å². The standard InChI is InChI=1S/C24H46O4/c1-4-6-8-9-12-15-18-22(3)28-24(26)20-17-14-11-10-13-16-19-23(25)27-21-7-5-2/h22H,4-21H2,1-3H3. The van der Waals surface area contributed by atoms with Crippen molar-refractivity contribution in [3.63, 3.8) is 0 Å². The first-order chi connectivity index (χ1) is 13.6. The predicted molar refractivity (Wildman–Crippen MR) is 116 cm³/mol. The molecule has 1 unspecified atom stereocenters. The molecule has 4 nitrogen and oxygen atoms in total. The first-order valence-electron chi connectivity index (χ1n) is 11.9. The Morgan fingerprint density at radius 1 is 0.643 bits per heavy atom. The van der Waals surface area contributed by atoms with Crippen LogP contribution in [0.1, 0.15) is 130 Å². The molecule has 0 aliphatic heterocycles.